The van der Waals surface area contributed by atoms with Crippen LogP contribution in [0.15, 0.2) is 18.2 Å². The first-order chi connectivity index (χ1) is 8.58. The van der Waals surface area contributed by atoms with Crippen LogP contribution in [0.25, 0.3) is 0 Å². The van der Waals surface area contributed by atoms with Crippen LogP contribution in [0, 0.1) is 11.6 Å². The van der Waals surface area contributed by atoms with E-state index in [2.05, 4.69) is 24.2 Å². The van der Waals surface area contributed by atoms with E-state index in [4.69, 9.17) is 0 Å². The van der Waals surface area contributed by atoms with Crippen LogP contribution in [-0.2, 0) is 6.54 Å². The van der Waals surface area contributed by atoms with Gasteiger partial charge in [0.05, 0.1) is 0 Å². The second-order valence-corrected chi connectivity index (χ2v) is 5.14. The van der Waals surface area contributed by atoms with E-state index < -0.39 is 11.6 Å². The first kappa shape index (κ1) is 13.4. The molecule has 2 nitrogen and oxygen atoms in total. The minimum absolute atomic E-state index is 0.388. The molecule has 1 aromatic carbocycles. The lowest BCUT2D eigenvalue weighted by molar-refractivity contribution is 0.168. The average Bonchev–Trinajstić information content (AvgIpc) is 2.35. The molecular formula is C14H20F2N2. The van der Waals surface area contributed by atoms with E-state index >= 15 is 0 Å². The van der Waals surface area contributed by atoms with Gasteiger partial charge in [-0.15, -0.1) is 0 Å². The maximum Gasteiger partial charge on any atom is 0.163 e. The molecule has 2 atom stereocenters. The van der Waals surface area contributed by atoms with Gasteiger partial charge < -0.3 is 10.2 Å². The van der Waals surface area contributed by atoms with Gasteiger partial charge in [-0.1, -0.05) is 12.1 Å². The Labute approximate surface area is 107 Å². The van der Waals surface area contributed by atoms with Crippen molar-refractivity contribution in [3.63, 3.8) is 0 Å². The first-order valence-corrected chi connectivity index (χ1v) is 6.44. The third kappa shape index (κ3) is 3.06. The molecule has 2 rings (SSSR count). The predicted octanol–water partition coefficient (Wildman–Crippen LogP) is 2.54. The number of nitrogens with one attached hydrogen (secondary N) is 1. The normalized spacial score (nSPS) is 25.3. The molecule has 0 amide bonds. The number of nitrogens with zero attached hydrogens (tertiary/aromatic N) is 1. The molecule has 0 radical (unpaired) electrons. The van der Waals surface area contributed by atoms with Gasteiger partial charge in [-0.05, 0) is 39.4 Å². The molecule has 2 unspecified atom stereocenters. The molecule has 0 aromatic heterocycles. The third-order valence-electron chi connectivity index (χ3n) is 3.82. The van der Waals surface area contributed by atoms with Gasteiger partial charge in [0.2, 0.25) is 0 Å². The van der Waals surface area contributed by atoms with Gasteiger partial charge in [0.1, 0.15) is 0 Å². The van der Waals surface area contributed by atoms with Crippen molar-refractivity contribution in [2.24, 2.45) is 0 Å². The van der Waals surface area contributed by atoms with Crippen molar-refractivity contribution in [2.75, 3.05) is 13.6 Å². The maximum absolute atomic E-state index is 13.5. The smallest absolute Gasteiger partial charge is 0.163 e. The van der Waals surface area contributed by atoms with Crippen molar-refractivity contribution in [3.05, 3.63) is 35.4 Å². The van der Waals surface area contributed by atoms with Gasteiger partial charge in [-0.2, -0.15) is 0 Å². The molecule has 1 heterocycles. The van der Waals surface area contributed by atoms with E-state index in [0.717, 1.165) is 25.5 Å². The van der Waals surface area contributed by atoms with Gasteiger partial charge in [-0.3, -0.25) is 0 Å². The molecular weight excluding hydrogens is 234 g/mol. The number of piperidine rings is 1. The van der Waals surface area contributed by atoms with Crippen LogP contribution in [0.1, 0.15) is 25.3 Å². The Morgan fingerprint density at radius 1 is 1.39 bits per heavy atom. The van der Waals surface area contributed by atoms with Gasteiger partial charge in [0.15, 0.2) is 11.6 Å². The zero-order valence-corrected chi connectivity index (χ0v) is 10.9. The number of halogens is 2. The van der Waals surface area contributed by atoms with Crippen LogP contribution in [0.2, 0.25) is 0 Å². The van der Waals surface area contributed by atoms with Crippen molar-refractivity contribution in [1.29, 1.82) is 0 Å². The summed E-state index contributed by atoms with van der Waals surface area (Å²) in [5.74, 6) is -1.50. The zero-order valence-electron chi connectivity index (χ0n) is 10.9. The zero-order chi connectivity index (χ0) is 13.1. The Kier molecular flexibility index (Phi) is 4.30. The lowest BCUT2D eigenvalue weighted by Crippen LogP contribution is -2.45. The molecule has 100 valence electrons. The van der Waals surface area contributed by atoms with Crippen LogP contribution in [0.5, 0.6) is 0 Å². The van der Waals surface area contributed by atoms with Gasteiger partial charge in [0.25, 0.3) is 0 Å². The highest BCUT2D eigenvalue weighted by molar-refractivity contribution is 5.18. The molecule has 1 aliphatic heterocycles. The summed E-state index contributed by atoms with van der Waals surface area (Å²) in [6.45, 7) is 3.63. The largest absolute Gasteiger partial charge is 0.310 e. The van der Waals surface area contributed by atoms with Gasteiger partial charge >= 0.3 is 0 Å². The van der Waals surface area contributed by atoms with E-state index in [-0.39, 0.29) is 0 Å². The maximum atomic E-state index is 13.5. The van der Waals surface area contributed by atoms with Crippen molar-refractivity contribution in [3.8, 4) is 0 Å². The van der Waals surface area contributed by atoms with Gasteiger partial charge in [-0.25, -0.2) is 8.78 Å². The Morgan fingerprint density at radius 2 is 2.17 bits per heavy atom. The second-order valence-electron chi connectivity index (χ2n) is 5.14. The molecule has 1 aliphatic rings. The Hall–Kier alpha value is -1.00. The quantitative estimate of drug-likeness (QED) is 0.891. The Morgan fingerprint density at radius 3 is 2.89 bits per heavy atom. The van der Waals surface area contributed by atoms with E-state index in [0.29, 0.717) is 24.2 Å². The summed E-state index contributed by atoms with van der Waals surface area (Å²) >= 11 is 0. The Bertz CT molecular complexity index is 409. The van der Waals surface area contributed by atoms with Crippen LogP contribution in [-0.4, -0.2) is 30.6 Å². The predicted molar refractivity (Wildman–Crippen MR) is 68.3 cm³/mol. The summed E-state index contributed by atoms with van der Waals surface area (Å²) in [5, 5.41) is 3.32. The van der Waals surface area contributed by atoms with Crippen LogP contribution in [0.3, 0.4) is 0 Å². The third-order valence-corrected chi connectivity index (χ3v) is 3.82. The van der Waals surface area contributed by atoms with Crippen LogP contribution < -0.4 is 5.32 Å². The number of hydrogen-bond acceptors (Lipinski definition) is 2. The first-order valence-electron chi connectivity index (χ1n) is 6.44. The van der Waals surface area contributed by atoms with Crippen LogP contribution in [0.4, 0.5) is 8.78 Å². The van der Waals surface area contributed by atoms with E-state index in [1.807, 2.05) is 0 Å². The highest BCUT2D eigenvalue weighted by atomic mass is 19.2. The van der Waals surface area contributed by atoms with Crippen molar-refractivity contribution >= 4 is 0 Å². The Balaban J connectivity index is 1.90. The van der Waals surface area contributed by atoms with Gasteiger partial charge in [0, 0.05) is 24.2 Å². The topological polar surface area (TPSA) is 15.3 Å². The highest BCUT2D eigenvalue weighted by Crippen LogP contribution is 2.17. The fraction of sp³-hybridized carbons (Fsp3) is 0.571. The molecule has 0 aliphatic carbocycles. The molecule has 0 spiro atoms. The molecule has 0 bridgehead atoms. The van der Waals surface area contributed by atoms with Crippen molar-refractivity contribution in [1.82, 2.24) is 10.2 Å². The summed E-state index contributed by atoms with van der Waals surface area (Å²) in [7, 11) is 2.12. The number of likely N-dealkylation sites (tertiary alicyclic amines) is 1. The second kappa shape index (κ2) is 5.76. The minimum Gasteiger partial charge on any atom is -0.310 e. The molecule has 18 heavy (non-hydrogen) atoms. The summed E-state index contributed by atoms with van der Waals surface area (Å²) < 4.78 is 26.5. The summed E-state index contributed by atoms with van der Waals surface area (Å²) in [6, 6.07) is 5.25. The lowest BCUT2D eigenvalue weighted by atomic mass is 9.98. The highest BCUT2D eigenvalue weighted by Gasteiger charge is 2.22. The monoisotopic (exact) mass is 254 g/mol. The van der Waals surface area contributed by atoms with E-state index in [1.54, 1.807) is 12.1 Å². The minimum atomic E-state index is -0.772. The fourth-order valence-electron chi connectivity index (χ4n) is 2.41. The summed E-state index contributed by atoms with van der Waals surface area (Å²) in [4.78, 5) is 2.32. The summed E-state index contributed by atoms with van der Waals surface area (Å²) in [5.41, 5.74) is 0.404. The molecule has 1 saturated heterocycles. The molecule has 1 fully saturated rings. The standard InChI is InChI=1S/C14H20F2N2/c1-10-8-12(6-7-18(10)2)17-9-11-4-3-5-13(15)14(11)16/h3-5,10,12,17H,6-9H2,1-2H3. The number of rotatable bonds is 3. The van der Waals surface area contributed by atoms with E-state index in [9.17, 15) is 8.78 Å². The van der Waals surface area contributed by atoms with Crippen molar-refractivity contribution < 1.29 is 8.78 Å². The molecule has 1 aromatic rings. The number of benzene rings is 1. The van der Waals surface area contributed by atoms with Crippen molar-refractivity contribution in [2.45, 2.75) is 38.4 Å². The van der Waals surface area contributed by atoms with E-state index in [1.165, 1.54) is 0 Å². The lowest BCUT2D eigenvalue weighted by Gasteiger charge is -2.35. The molecule has 1 N–H and O–H groups in total. The average molecular weight is 254 g/mol. The number of hydrogen-bond donors (Lipinski definition) is 1. The SMILES string of the molecule is CC1CC(NCc2cccc(F)c2F)CCN1C. The van der Waals surface area contributed by atoms with Crippen LogP contribution >= 0.6 is 0 Å². The molecule has 0 saturated carbocycles. The molecule has 4 heteroatoms. The summed E-state index contributed by atoms with van der Waals surface area (Å²) in [6.07, 6.45) is 2.10. The fourth-order valence-corrected chi connectivity index (χ4v) is 2.41.